The maximum atomic E-state index is 12.4. The van der Waals surface area contributed by atoms with Crippen molar-refractivity contribution in [3.05, 3.63) is 54.2 Å². The van der Waals surface area contributed by atoms with Gasteiger partial charge in [0.25, 0.3) is 0 Å². The SMILES string of the molecule is O=C(O)C(F)(F)F.O=C(O)C(F)(F)F.O=C1C[C@@H]2[C@H](CCN2Cc2ccco2)N1Cc1ccncc1. The highest BCUT2D eigenvalue weighted by Gasteiger charge is 2.46. The van der Waals surface area contributed by atoms with E-state index in [0.717, 1.165) is 30.8 Å². The van der Waals surface area contributed by atoms with Gasteiger partial charge in [0, 0.05) is 44.0 Å². The number of nitrogens with zero attached hydrogens (tertiary/aromatic N) is 3. The first-order chi connectivity index (χ1) is 16.7. The van der Waals surface area contributed by atoms with Crippen LogP contribution in [-0.2, 0) is 27.5 Å². The van der Waals surface area contributed by atoms with Crippen molar-refractivity contribution in [1.82, 2.24) is 14.8 Å². The molecule has 2 fully saturated rings. The number of likely N-dealkylation sites (tertiary alicyclic amines) is 2. The third kappa shape index (κ3) is 8.25. The van der Waals surface area contributed by atoms with E-state index in [0.29, 0.717) is 25.0 Å². The van der Waals surface area contributed by atoms with Gasteiger partial charge in [-0.1, -0.05) is 0 Å². The van der Waals surface area contributed by atoms with E-state index in [1.54, 1.807) is 18.7 Å². The maximum Gasteiger partial charge on any atom is 0.490 e. The summed E-state index contributed by atoms with van der Waals surface area (Å²) >= 11 is 0. The number of alkyl halides is 6. The molecule has 0 bridgehead atoms. The summed E-state index contributed by atoms with van der Waals surface area (Å²) in [5.74, 6) is -4.28. The Bertz CT molecular complexity index is 989. The molecule has 0 saturated carbocycles. The first-order valence-electron chi connectivity index (χ1n) is 10.2. The van der Waals surface area contributed by atoms with E-state index < -0.39 is 24.3 Å². The zero-order valence-corrected chi connectivity index (χ0v) is 18.4. The van der Waals surface area contributed by atoms with Gasteiger partial charge in [-0.25, -0.2) is 9.59 Å². The van der Waals surface area contributed by atoms with Crippen LogP contribution in [0.5, 0.6) is 0 Å². The molecule has 4 heterocycles. The van der Waals surface area contributed by atoms with Crippen molar-refractivity contribution < 1.29 is 55.4 Å². The molecule has 2 N–H and O–H groups in total. The van der Waals surface area contributed by atoms with Crippen LogP contribution in [0.3, 0.4) is 0 Å². The molecule has 1 amide bonds. The minimum absolute atomic E-state index is 0.260. The molecule has 4 rings (SSSR count). The summed E-state index contributed by atoms with van der Waals surface area (Å²) in [7, 11) is 0. The maximum absolute atomic E-state index is 12.4. The van der Waals surface area contributed by atoms with Crippen LogP contribution in [0.1, 0.15) is 24.2 Å². The van der Waals surface area contributed by atoms with Gasteiger partial charge in [0.2, 0.25) is 5.91 Å². The predicted octanol–water partition coefficient (Wildman–Crippen LogP) is 3.32. The molecule has 0 aliphatic carbocycles. The van der Waals surface area contributed by atoms with Crippen molar-refractivity contribution in [3.63, 3.8) is 0 Å². The summed E-state index contributed by atoms with van der Waals surface area (Å²) in [6, 6.07) is 8.53. The molecule has 0 radical (unpaired) electrons. The number of hydrogen-bond donors (Lipinski definition) is 2. The van der Waals surface area contributed by atoms with Crippen LogP contribution in [0, 0.1) is 0 Å². The highest BCUT2D eigenvalue weighted by Crippen LogP contribution is 2.34. The number of aromatic nitrogens is 1. The third-order valence-electron chi connectivity index (χ3n) is 5.26. The number of pyridine rings is 1. The van der Waals surface area contributed by atoms with E-state index in [2.05, 4.69) is 9.88 Å². The summed E-state index contributed by atoms with van der Waals surface area (Å²) in [6.07, 6.45) is -3.23. The summed E-state index contributed by atoms with van der Waals surface area (Å²) < 4.78 is 68.9. The lowest BCUT2D eigenvalue weighted by Crippen LogP contribution is -2.36. The highest BCUT2D eigenvalue weighted by molar-refractivity contribution is 5.80. The van der Waals surface area contributed by atoms with Crippen LogP contribution in [0.4, 0.5) is 26.3 Å². The molecule has 2 saturated heterocycles. The van der Waals surface area contributed by atoms with Crippen molar-refractivity contribution in [3.8, 4) is 0 Å². The first-order valence-corrected chi connectivity index (χ1v) is 10.2. The van der Waals surface area contributed by atoms with E-state index in [1.165, 1.54) is 0 Å². The van der Waals surface area contributed by atoms with Crippen LogP contribution < -0.4 is 0 Å². The van der Waals surface area contributed by atoms with E-state index >= 15 is 0 Å². The Kier molecular flexibility index (Phi) is 9.44. The van der Waals surface area contributed by atoms with Crippen LogP contribution >= 0.6 is 0 Å². The Morgan fingerprint density at radius 3 is 2.00 bits per heavy atom. The summed E-state index contributed by atoms with van der Waals surface area (Å²) in [5.41, 5.74) is 1.15. The number of furan rings is 1. The summed E-state index contributed by atoms with van der Waals surface area (Å²) in [6.45, 7) is 2.51. The van der Waals surface area contributed by atoms with E-state index in [9.17, 15) is 31.1 Å². The monoisotopic (exact) mass is 525 g/mol. The van der Waals surface area contributed by atoms with E-state index in [1.807, 2.05) is 29.2 Å². The number of carboxylic acids is 2. The number of halogens is 6. The predicted molar refractivity (Wildman–Crippen MR) is 108 cm³/mol. The normalized spacial score (nSPS) is 19.6. The second-order valence-electron chi connectivity index (χ2n) is 7.66. The Morgan fingerprint density at radius 2 is 1.53 bits per heavy atom. The van der Waals surface area contributed by atoms with Gasteiger partial charge >= 0.3 is 24.3 Å². The molecule has 2 aliphatic rings. The molecule has 2 atom stereocenters. The average molecular weight is 525 g/mol. The summed E-state index contributed by atoms with van der Waals surface area (Å²) in [4.78, 5) is 38.7. The smallest absolute Gasteiger partial charge is 0.475 e. The van der Waals surface area contributed by atoms with Gasteiger partial charge in [0.1, 0.15) is 5.76 Å². The van der Waals surface area contributed by atoms with Crippen molar-refractivity contribution in [2.45, 2.75) is 50.4 Å². The third-order valence-corrected chi connectivity index (χ3v) is 5.26. The van der Waals surface area contributed by atoms with Crippen molar-refractivity contribution >= 4 is 17.8 Å². The molecule has 2 aliphatic heterocycles. The lowest BCUT2D eigenvalue weighted by molar-refractivity contribution is -0.193. The fourth-order valence-electron chi connectivity index (χ4n) is 3.70. The molecule has 2 aromatic heterocycles. The first kappa shape index (κ1) is 28.6. The number of carboxylic acid groups (broad SMARTS) is 2. The number of amides is 1. The van der Waals surface area contributed by atoms with Gasteiger partial charge in [-0.15, -0.1) is 0 Å². The fraction of sp³-hybridized carbons (Fsp3) is 0.429. The molecule has 15 heteroatoms. The molecule has 0 aromatic carbocycles. The highest BCUT2D eigenvalue weighted by atomic mass is 19.4. The van der Waals surface area contributed by atoms with Crippen LogP contribution in [-0.4, -0.2) is 73.8 Å². The number of carbonyl (C=O) groups is 3. The Hall–Kier alpha value is -3.62. The Balaban J connectivity index is 0.000000271. The number of carbonyl (C=O) groups excluding carboxylic acids is 1. The Labute approximate surface area is 199 Å². The van der Waals surface area contributed by atoms with Crippen LogP contribution in [0.2, 0.25) is 0 Å². The van der Waals surface area contributed by atoms with Crippen molar-refractivity contribution in [1.29, 1.82) is 0 Å². The topological polar surface area (TPSA) is 124 Å². The quantitative estimate of drug-likeness (QED) is 0.583. The van der Waals surface area contributed by atoms with Gasteiger partial charge in [-0.05, 0) is 36.2 Å². The van der Waals surface area contributed by atoms with Gasteiger partial charge < -0.3 is 19.5 Å². The molecular weight excluding hydrogens is 504 g/mol. The van der Waals surface area contributed by atoms with Gasteiger partial charge in [0.15, 0.2) is 0 Å². The fourth-order valence-corrected chi connectivity index (χ4v) is 3.70. The second kappa shape index (κ2) is 11.9. The van der Waals surface area contributed by atoms with E-state index in [4.69, 9.17) is 24.2 Å². The zero-order valence-electron chi connectivity index (χ0n) is 18.4. The molecule has 0 unspecified atom stereocenters. The van der Waals surface area contributed by atoms with Crippen molar-refractivity contribution in [2.75, 3.05) is 6.54 Å². The number of fused-ring (bicyclic) bond motifs is 1. The lowest BCUT2D eigenvalue weighted by atomic mass is 10.1. The number of rotatable bonds is 4. The van der Waals surface area contributed by atoms with Gasteiger partial charge in [0.05, 0.1) is 12.8 Å². The molecule has 36 heavy (non-hydrogen) atoms. The van der Waals surface area contributed by atoms with Gasteiger partial charge in [-0.3, -0.25) is 14.7 Å². The average Bonchev–Trinajstić information content (AvgIpc) is 3.49. The van der Waals surface area contributed by atoms with Crippen LogP contribution in [0.15, 0.2) is 47.3 Å². The van der Waals surface area contributed by atoms with Crippen LogP contribution in [0.25, 0.3) is 0 Å². The largest absolute Gasteiger partial charge is 0.490 e. The molecule has 0 spiro atoms. The molecule has 9 nitrogen and oxygen atoms in total. The minimum Gasteiger partial charge on any atom is -0.475 e. The van der Waals surface area contributed by atoms with Gasteiger partial charge in [-0.2, -0.15) is 26.3 Å². The van der Waals surface area contributed by atoms with Crippen molar-refractivity contribution in [2.24, 2.45) is 0 Å². The number of hydrogen-bond acceptors (Lipinski definition) is 6. The Morgan fingerprint density at radius 1 is 0.972 bits per heavy atom. The number of aliphatic carboxylic acids is 2. The molecule has 198 valence electrons. The second-order valence-corrected chi connectivity index (χ2v) is 7.66. The summed E-state index contributed by atoms with van der Waals surface area (Å²) in [5, 5.41) is 14.2. The molecular formula is C21H21F6N3O6. The zero-order chi connectivity index (χ0) is 27.1. The lowest BCUT2D eigenvalue weighted by Gasteiger charge is -2.25. The van der Waals surface area contributed by atoms with E-state index in [-0.39, 0.29) is 5.91 Å². The minimum atomic E-state index is -5.08. The standard InChI is InChI=1S/C17H19N3O2.2C2HF3O2/c21-17-10-16-15(20(17)11-13-3-6-18-7-4-13)5-8-19(16)12-14-2-1-9-22-14;2*3-2(4,5)1(6)7/h1-4,6-7,9,15-16H,5,8,10-12H2;2*(H,6,7)/t15-,16+;;/m0../s1. The molecule has 2 aromatic rings.